The van der Waals surface area contributed by atoms with Gasteiger partial charge >= 0.3 is 15.5 Å². The van der Waals surface area contributed by atoms with Gasteiger partial charge in [-0.1, -0.05) is 27.7 Å². The van der Waals surface area contributed by atoms with Crippen molar-refractivity contribution in [3.63, 3.8) is 0 Å². The van der Waals surface area contributed by atoms with Gasteiger partial charge in [0, 0.05) is 21.3 Å². The molecule has 0 heterocycles. The molecule has 0 fully saturated rings. The van der Waals surface area contributed by atoms with Crippen molar-refractivity contribution in [2.24, 2.45) is 16.4 Å². The minimum Gasteiger partial charge on any atom is -0.306 e. The topological polar surface area (TPSA) is 75.6 Å². The maximum absolute atomic E-state index is 12.7. The molecule has 0 radical (unpaired) electrons. The lowest BCUT2D eigenvalue weighted by atomic mass is 10.2. The summed E-state index contributed by atoms with van der Waals surface area (Å²) in [5, 5.41) is 0. The summed E-state index contributed by atoms with van der Waals surface area (Å²) in [6.45, 7) is 8.29. The monoisotopic (exact) mass is 331 g/mol. The summed E-state index contributed by atoms with van der Waals surface area (Å²) in [7, 11) is -2.64. The van der Waals surface area contributed by atoms with Gasteiger partial charge in [-0.2, -0.15) is 0 Å². The third-order valence-corrected chi connectivity index (χ3v) is 6.14. The molecule has 0 saturated heterocycles. The molecule has 0 bridgehead atoms. The molecule has 0 spiro atoms. The highest BCUT2D eigenvalue weighted by atomic mass is 31.2. The smallest absolute Gasteiger partial charge is 0.306 e. The van der Waals surface area contributed by atoms with E-state index in [1.54, 1.807) is 0 Å². The quantitative estimate of drug-likeness (QED) is 0.555. The highest BCUT2D eigenvalue weighted by Gasteiger charge is 2.32. The van der Waals surface area contributed by atoms with E-state index in [-0.39, 0.29) is 25.0 Å². The molecule has 0 aliphatic heterocycles. The van der Waals surface area contributed by atoms with Crippen molar-refractivity contribution in [2.75, 3.05) is 34.5 Å². The molecule has 0 unspecified atom stereocenters. The van der Waals surface area contributed by atoms with Crippen LogP contribution in [0.3, 0.4) is 0 Å². The molecular formula is C11H27NO6P2. The van der Waals surface area contributed by atoms with Crippen molar-refractivity contribution in [3.8, 4) is 0 Å². The van der Waals surface area contributed by atoms with E-state index in [2.05, 4.69) is 4.52 Å². The van der Waals surface area contributed by atoms with Crippen LogP contribution in [-0.4, -0.2) is 34.5 Å². The van der Waals surface area contributed by atoms with Gasteiger partial charge in [0.05, 0.1) is 13.2 Å². The van der Waals surface area contributed by atoms with E-state index >= 15 is 0 Å². The van der Waals surface area contributed by atoms with Crippen LogP contribution in [0, 0.1) is 11.8 Å². The van der Waals surface area contributed by atoms with Gasteiger partial charge in [0.15, 0.2) is 0 Å². The van der Waals surface area contributed by atoms with E-state index in [1.165, 1.54) is 21.3 Å². The van der Waals surface area contributed by atoms with Crippen molar-refractivity contribution in [1.29, 1.82) is 0 Å². The zero-order valence-corrected chi connectivity index (χ0v) is 15.1. The molecule has 0 aromatic heterocycles. The maximum atomic E-state index is 12.7. The molecule has 0 atom stereocenters. The first-order valence-corrected chi connectivity index (χ1v) is 9.41. The molecule has 0 aliphatic carbocycles. The Morgan fingerprint density at radius 2 is 1.20 bits per heavy atom. The Kier molecular flexibility index (Phi) is 9.43. The van der Waals surface area contributed by atoms with Gasteiger partial charge in [-0.25, -0.2) is 4.57 Å². The Bertz CT molecular complexity index is 337. The summed E-state index contributed by atoms with van der Waals surface area (Å²) in [5.41, 5.74) is 0. The largest absolute Gasteiger partial charge is 0.458 e. The van der Waals surface area contributed by atoms with Gasteiger partial charge in [0.1, 0.15) is 0 Å². The van der Waals surface area contributed by atoms with Gasteiger partial charge < -0.3 is 13.6 Å². The van der Waals surface area contributed by atoms with Gasteiger partial charge in [0.2, 0.25) is 0 Å². The Labute approximate surface area is 122 Å². The number of hydrogen-bond donors (Lipinski definition) is 0. The van der Waals surface area contributed by atoms with Crippen LogP contribution in [0.25, 0.3) is 0 Å². The van der Waals surface area contributed by atoms with Crippen molar-refractivity contribution in [2.45, 2.75) is 27.7 Å². The molecule has 0 aliphatic rings. The number of nitrogens with zero attached hydrogens (tertiary/aromatic N) is 1. The highest BCUT2D eigenvalue weighted by molar-refractivity contribution is 7.63. The fourth-order valence-electron chi connectivity index (χ4n) is 1.04. The third-order valence-electron chi connectivity index (χ3n) is 2.05. The molecule has 9 heteroatoms. The van der Waals surface area contributed by atoms with Crippen molar-refractivity contribution in [3.05, 3.63) is 0 Å². The van der Waals surface area contributed by atoms with Gasteiger partial charge in [0.25, 0.3) is 0 Å². The van der Waals surface area contributed by atoms with E-state index < -0.39 is 15.5 Å². The first-order valence-electron chi connectivity index (χ1n) is 6.42. The normalized spacial score (nSPS) is 13.2. The van der Waals surface area contributed by atoms with Crippen LogP contribution in [0.4, 0.5) is 0 Å². The van der Waals surface area contributed by atoms with E-state index in [1.807, 2.05) is 27.7 Å². The predicted molar refractivity (Wildman–Crippen MR) is 79.6 cm³/mol. The van der Waals surface area contributed by atoms with Crippen LogP contribution >= 0.6 is 15.5 Å². The average Bonchev–Trinajstić information content (AvgIpc) is 2.41. The first-order chi connectivity index (χ1) is 9.22. The van der Waals surface area contributed by atoms with Crippen molar-refractivity contribution < 1.29 is 27.2 Å². The van der Waals surface area contributed by atoms with Crippen molar-refractivity contribution >= 4 is 15.5 Å². The Morgan fingerprint density at radius 1 is 0.850 bits per heavy atom. The Balaban J connectivity index is 5.28. The summed E-state index contributed by atoms with van der Waals surface area (Å²) in [6.07, 6.45) is 0. The second-order valence-corrected chi connectivity index (χ2v) is 9.16. The molecule has 20 heavy (non-hydrogen) atoms. The third kappa shape index (κ3) is 7.32. The fraction of sp³-hybridized carbons (Fsp3) is 1.00. The summed E-state index contributed by atoms with van der Waals surface area (Å²) in [4.78, 5) is 0. The van der Waals surface area contributed by atoms with E-state index in [0.29, 0.717) is 0 Å². The first kappa shape index (κ1) is 20.3. The van der Waals surface area contributed by atoms with E-state index in [4.69, 9.17) is 22.6 Å². The van der Waals surface area contributed by atoms with Crippen LogP contribution in [0.2, 0.25) is 0 Å². The maximum Gasteiger partial charge on any atom is 0.458 e. The second kappa shape index (κ2) is 9.31. The van der Waals surface area contributed by atoms with Crippen LogP contribution < -0.4 is 0 Å². The van der Waals surface area contributed by atoms with Crippen LogP contribution in [-0.2, 0) is 27.2 Å². The Hall–Kier alpha value is 0.260. The van der Waals surface area contributed by atoms with Gasteiger partial charge in [-0.05, 0) is 11.8 Å². The molecule has 0 rings (SSSR count). The lowest BCUT2D eigenvalue weighted by Crippen LogP contribution is -2.06. The molecule has 0 aromatic rings. The molecule has 0 amide bonds. The minimum absolute atomic E-state index is 0.196. The summed E-state index contributed by atoms with van der Waals surface area (Å²) in [5.74, 6) is 0.392. The second-order valence-electron chi connectivity index (χ2n) is 4.95. The van der Waals surface area contributed by atoms with Crippen LogP contribution in [0.1, 0.15) is 27.7 Å². The van der Waals surface area contributed by atoms with Crippen molar-refractivity contribution in [1.82, 2.24) is 0 Å². The molecule has 0 N–H and O–H groups in total. The highest BCUT2D eigenvalue weighted by Crippen LogP contribution is 2.64. The van der Waals surface area contributed by atoms with Gasteiger partial charge in [-0.15, -0.1) is 4.52 Å². The van der Waals surface area contributed by atoms with Gasteiger partial charge in [-0.3, -0.25) is 9.05 Å². The molecular weight excluding hydrogens is 304 g/mol. The summed E-state index contributed by atoms with van der Waals surface area (Å²) >= 11 is 0. The summed E-state index contributed by atoms with van der Waals surface area (Å²) in [6, 6.07) is 0. The predicted octanol–water partition coefficient (Wildman–Crippen LogP) is 4.33. The SMILES string of the molecule is COP(=NP(=O)(OCC(C)C)OCC(C)C)(OC)OC. The molecule has 7 nitrogen and oxygen atoms in total. The van der Waals surface area contributed by atoms with E-state index in [9.17, 15) is 4.57 Å². The fourth-order valence-corrected chi connectivity index (χ4v) is 4.90. The molecule has 0 aromatic carbocycles. The van der Waals surface area contributed by atoms with Crippen LogP contribution in [0.15, 0.2) is 4.52 Å². The van der Waals surface area contributed by atoms with Crippen LogP contribution in [0.5, 0.6) is 0 Å². The van der Waals surface area contributed by atoms with E-state index in [0.717, 1.165) is 0 Å². The summed E-state index contributed by atoms with van der Waals surface area (Å²) < 4.78 is 42.7. The average molecular weight is 331 g/mol. The number of rotatable bonds is 10. The molecule has 0 saturated carbocycles. The Morgan fingerprint density at radius 3 is 1.45 bits per heavy atom. The lowest BCUT2D eigenvalue weighted by molar-refractivity contribution is 0.170. The number of hydrogen-bond acceptors (Lipinski definition) is 6. The lowest BCUT2D eigenvalue weighted by Gasteiger charge is -2.22. The molecule has 122 valence electrons. The minimum atomic E-state index is -3.70. The standard InChI is InChI=1S/C11H27NO6P2/c1-10(2)8-17-19(13,18-9-11(3)4)12-20(14-5,15-6)16-7/h10-11H,8-9H2,1-7H3. The zero-order chi connectivity index (χ0) is 15.8. The zero-order valence-electron chi connectivity index (χ0n) is 13.4.